The first-order valence-electron chi connectivity index (χ1n) is 10.4. The van der Waals surface area contributed by atoms with E-state index in [2.05, 4.69) is 32.8 Å². The normalized spacial score (nSPS) is 13.1. The van der Waals surface area contributed by atoms with Crippen LogP contribution in [0, 0.1) is 6.92 Å². The highest BCUT2D eigenvalue weighted by molar-refractivity contribution is 6.03. The van der Waals surface area contributed by atoms with E-state index in [0.29, 0.717) is 29.6 Å². The first-order chi connectivity index (χ1) is 15.1. The summed E-state index contributed by atoms with van der Waals surface area (Å²) in [6.45, 7) is 1.76. The van der Waals surface area contributed by atoms with Crippen LogP contribution in [0.15, 0.2) is 57.5 Å². The molecule has 2 heterocycles. The Morgan fingerprint density at radius 3 is 2.58 bits per heavy atom. The van der Waals surface area contributed by atoms with Crippen LogP contribution in [0.1, 0.15) is 51.8 Å². The van der Waals surface area contributed by atoms with Gasteiger partial charge in [-0.2, -0.15) is 0 Å². The topological polar surface area (TPSA) is 94.1 Å². The van der Waals surface area contributed by atoms with Crippen molar-refractivity contribution in [3.8, 4) is 11.3 Å². The van der Waals surface area contributed by atoms with Gasteiger partial charge in [0.15, 0.2) is 11.5 Å². The highest BCUT2D eigenvalue weighted by Gasteiger charge is 2.16. The van der Waals surface area contributed by atoms with Gasteiger partial charge in [-0.3, -0.25) is 4.79 Å². The smallest absolute Gasteiger partial charge is 0.277 e. The van der Waals surface area contributed by atoms with E-state index < -0.39 is 0 Å². The molecule has 7 heteroatoms. The molecule has 1 aliphatic rings. The van der Waals surface area contributed by atoms with E-state index >= 15 is 0 Å². The van der Waals surface area contributed by atoms with E-state index in [1.807, 2.05) is 30.3 Å². The van der Waals surface area contributed by atoms with Gasteiger partial charge >= 0.3 is 0 Å². The maximum absolute atomic E-state index is 12.6. The second-order valence-corrected chi connectivity index (χ2v) is 7.81. The number of amides is 1. The third-order valence-electron chi connectivity index (χ3n) is 5.51. The number of anilines is 1. The van der Waals surface area contributed by atoms with Crippen molar-refractivity contribution in [2.24, 2.45) is 0 Å². The van der Waals surface area contributed by atoms with Crippen LogP contribution in [-0.2, 0) is 19.3 Å². The van der Waals surface area contributed by atoms with Crippen LogP contribution in [0.5, 0.6) is 0 Å². The fraction of sp³-hybridized carbons (Fsp3) is 0.250. The van der Waals surface area contributed by atoms with Crippen LogP contribution in [0.3, 0.4) is 0 Å². The Balaban J connectivity index is 1.25. The summed E-state index contributed by atoms with van der Waals surface area (Å²) in [4.78, 5) is 12.6. The molecule has 0 unspecified atom stereocenters. The van der Waals surface area contributed by atoms with Crippen LogP contribution in [-0.4, -0.2) is 21.3 Å². The molecule has 0 saturated carbocycles. The molecule has 0 aliphatic heterocycles. The van der Waals surface area contributed by atoms with Crippen molar-refractivity contribution >= 4 is 11.6 Å². The highest BCUT2D eigenvalue weighted by Crippen LogP contribution is 2.28. The third-order valence-corrected chi connectivity index (χ3v) is 5.51. The number of rotatable bonds is 5. The molecular weight excluding hydrogens is 392 g/mol. The van der Waals surface area contributed by atoms with Gasteiger partial charge in [0, 0.05) is 24.2 Å². The number of hydrogen-bond donors (Lipinski definition) is 1. The lowest BCUT2D eigenvalue weighted by Gasteiger charge is -2.15. The first kappa shape index (κ1) is 19.2. The Labute approximate surface area is 179 Å². The molecule has 0 spiro atoms. The lowest BCUT2D eigenvalue weighted by molar-refractivity contribution is 0.101. The van der Waals surface area contributed by atoms with Crippen molar-refractivity contribution in [2.45, 2.75) is 39.0 Å². The van der Waals surface area contributed by atoms with Crippen LogP contribution < -0.4 is 5.32 Å². The molecule has 7 nitrogen and oxygen atoms in total. The summed E-state index contributed by atoms with van der Waals surface area (Å²) in [5.74, 6) is 1.39. The number of nitrogens with one attached hydrogen (secondary N) is 1. The van der Waals surface area contributed by atoms with Crippen LogP contribution in [0.2, 0.25) is 0 Å². The molecule has 4 aromatic rings. The molecule has 1 amide bonds. The quantitative estimate of drug-likeness (QED) is 0.506. The van der Waals surface area contributed by atoms with Crippen LogP contribution in [0.25, 0.3) is 11.3 Å². The average molecular weight is 414 g/mol. The van der Waals surface area contributed by atoms with Gasteiger partial charge in [-0.25, -0.2) is 0 Å². The zero-order valence-electron chi connectivity index (χ0n) is 17.2. The Hall–Kier alpha value is -3.74. The molecule has 156 valence electrons. The molecule has 5 rings (SSSR count). The molecule has 1 N–H and O–H groups in total. The molecule has 0 fully saturated rings. The van der Waals surface area contributed by atoms with E-state index in [1.54, 1.807) is 13.0 Å². The van der Waals surface area contributed by atoms with E-state index in [-0.39, 0.29) is 11.6 Å². The predicted molar refractivity (Wildman–Crippen MR) is 115 cm³/mol. The Morgan fingerprint density at radius 1 is 1.00 bits per heavy atom. The molecule has 31 heavy (non-hydrogen) atoms. The highest BCUT2D eigenvalue weighted by atomic mass is 16.5. The molecule has 0 bridgehead atoms. The fourth-order valence-electron chi connectivity index (χ4n) is 3.89. The Bertz CT molecular complexity index is 1220. The molecule has 2 aromatic heterocycles. The molecule has 2 aromatic carbocycles. The number of aryl methyl sites for hydroxylation is 3. The van der Waals surface area contributed by atoms with Gasteiger partial charge in [0.05, 0.1) is 6.42 Å². The van der Waals surface area contributed by atoms with Crippen LogP contribution >= 0.6 is 0 Å². The van der Waals surface area contributed by atoms with Gasteiger partial charge in [0.25, 0.3) is 5.91 Å². The Morgan fingerprint density at radius 2 is 1.81 bits per heavy atom. The van der Waals surface area contributed by atoms with Crippen LogP contribution in [0.4, 0.5) is 5.69 Å². The standard InChI is InChI=1S/C24H22N4O3/c1-15-26-27-23(30-15)12-16-6-10-20(11-7-16)25-24(29)21-14-22(31-28-21)19-9-8-17-4-2-3-5-18(17)13-19/h6-11,13-14H,2-5,12H2,1H3,(H,25,29). The van der Waals surface area contributed by atoms with Crippen molar-refractivity contribution in [2.75, 3.05) is 5.32 Å². The van der Waals surface area contributed by atoms with Crippen molar-refractivity contribution in [1.29, 1.82) is 0 Å². The van der Waals surface area contributed by atoms with Gasteiger partial charge in [-0.15, -0.1) is 10.2 Å². The Kier molecular flexibility index (Phi) is 5.08. The maximum Gasteiger partial charge on any atom is 0.277 e. The summed E-state index contributed by atoms with van der Waals surface area (Å²) < 4.78 is 10.9. The number of fused-ring (bicyclic) bond motifs is 1. The number of hydrogen-bond acceptors (Lipinski definition) is 6. The predicted octanol–water partition coefficient (Wildman–Crippen LogP) is 4.75. The lowest BCUT2D eigenvalue weighted by Crippen LogP contribution is -2.12. The second-order valence-electron chi connectivity index (χ2n) is 7.81. The number of carbonyl (C=O) groups is 1. The van der Waals surface area contributed by atoms with Crippen molar-refractivity contribution < 1.29 is 13.7 Å². The third kappa shape index (κ3) is 4.26. The maximum atomic E-state index is 12.6. The van der Waals surface area contributed by atoms with Crippen molar-refractivity contribution in [3.63, 3.8) is 0 Å². The van der Waals surface area contributed by atoms with Gasteiger partial charge in [-0.05, 0) is 60.6 Å². The second kappa shape index (κ2) is 8.18. The summed E-state index contributed by atoms with van der Waals surface area (Å²) in [6.07, 6.45) is 5.23. The number of carbonyl (C=O) groups excluding carboxylic acids is 1. The minimum Gasteiger partial charge on any atom is -0.425 e. The van der Waals surface area contributed by atoms with E-state index in [1.165, 1.54) is 24.0 Å². The van der Waals surface area contributed by atoms with Gasteiger partial charge in [0.2, 0.25) is 11.8 Å². The first-order valence-corrected chi connectivity index (χ1v) is 10.4. The summed E-state index contributed by atoms with van der Waals surface area (Å²) in [6, 6.07) is 15.5. The number of nitrogens with zero attached hydrogens (tertiary/aromatic N) is 3. The zero-order valence-corrected chi connectivity index (χ0v) is 17.2. The monoisotopic (exact) mass is 414 g/mol. The van der Waals surface area contributed by atoms with Gasteiger partial charge < -0.3 is 14.3 Å². The van der Waals surface area contributed by atoms with Gasteiger partial charge in [0.1, 0.15) is 0 Å². The summed E-state index contributed by atoms with van der Waals surface area (Å²) >= 11 is 0. The zero-order chi connectivity index (χ0) is 21.2. The molecule has 0 atom stereocenters. The van der Waals surface area contributed by atoms with E-state index in [0.717, 1.165) is 24.0 Å². The van der Waals surface area contributed by atoms with Gasteiger partial charge in [-0.1, -0.05) is 29.4 Å². The number of aromatic nitrogens is 3. The molecule has 1 aliphatic carbocycles. The van der Waals surface area contributed by atoms with Crippen molar-refractivity contribution in [3.05, 3.63) is 82.7 Å². The van der Waals surface area contributed by atoms with E-state index in [9.17, 15) is 4.79 Å². The summed E-state index contributed by atoms with van der Waals surface area (Å²) in [5.41, 5.74) is 5.66. The minimum atomic E-state index is -0.312. The molecule has 0 radical (unpaired) electrons. The molecule has 0 saturated heterocycles. The summed E-state index contributed by atoms with van der Waals surface area (Å²) in [5, 5.41) is 14.6. The fourth-order valence-corrected chi connectivity index (χ4v) is 3.89. The number of benzene rings is 2. The SMILES string of the molecule is Cc1nnc(Cc2ccc(NC(=O)c3cc(-c4ccc5c(c4)CCCC5)on3)cc2)o1. The summed E-state index contributed by atoms with van der Waals surface area (Å²) in [7, 11) is 0. The molecular formula is C24H22N4O3. The van der Waals surface area contributed by atoms with Crippen molar-refractivity contribution in [1.82, 2.24) is 15.4 Å². The lowest BCUT2D eigenvalue weighted by atomic mass is 9.90. The van der Waals surface area contributed by atoms with E-state index in [4.69, 9.17) is 8.94 Å². The minimum absolute atomic E-state index is 0.248. The largest absolute Gasteiger partial charge is 0.425 e. The average Bonchev–Trinajstić information content (AvgIpc) is 3.44.